The van der Waals surface area contributed by atoms with Crippen LogP contribution in [0.4, 0.5) is 11.4 Å². The van der Waals surface area contributed by atoms with E-state index in [2.05, 4.69) is 118 Å². The summed E-state index contributed by atoms with van der Waals surface area (Å²) in [5, 5.41) is 3.59. The molecule has 0 radical (unpaired) electrons. The average Bonchev–Trinajstić information content (AvgIpc) is 2.97. The van der Waals surface area contributed by atoms with E-state index < -0.39 is 0 Å². The van der Waals surface area contributed by atoms with Gasteiger partial charge < -0.3 is 5.32 Å². The van der Waals surface area contributed by atoms with E-state index in [0.29, 0.717) is 0 Å². The molecule has 0 bridgehead atoms. The van der Waals surface area contributed by atoms with Crippen LogP contribution < -0.4 is 10.8 Å². The van der Waals surface area contributed by atoms with E-state index in [9.17, 15) is 0 Å². The summed E-state index contributed by atoms with van der Waals surface area (Å²) in [6.45, 7) is 4.63. The fourth-order valence-electron chi connectivity index (χ4n) is 4.44. The maximum Gasteiger partial charge on any atom is 0.139 e. The number of rotatable bonds is 3. The molecule has 0 atom stereocenters. The van der Waals surface area contributed by atoms with Crippen molar-refractivity contribution in [2.24, 2.45) is 0 Å². The first-order chi connectivity index (χ1) is 14.0. The Hall–Kier alpha value is -3.26. The highest BCUT2D eigenvalue weighted by Crippen LogP contribution is 2.49. The molecular formula is C27H24BN. The highest BCUT2D eigenvalue weighted by atomic mass is 14.9. The van der Waals surface area contributed by atoms with Crippen molar-refractivity contribution in [1.82, 2.24) is 0 Å². The molecule has 0 saturated carbocycles. The molecule has 1 aliphatic carbocycles. The lowest BCUT2D eigenvalue weighted by Crippen LogP contribution is -2.15. The first-order valence-electron chi connectivity index (χ1n) is 10.2. The van der Waals surface area contributed by atoms with E-state index in [4.69, 9.17) is 0 Å². The van der Waals surface area contributed by atoms with Crippen molar-refractivity contribution in [3.05, 3.63) is 102 Å². The second-order valence-corrected chi connectivity index (χ2v) is 8.50. The second-order valence-electron chi connectivity index (χ2n) is 8.50. The van der Waals surface area contributed by atoms with Gasteiger partial charge in [0.05, 0.1) is 0 Å². The minimum Gasteiger partial charge on any atom is -0.356 e. The number of nitrogens with one attached hydrogen (secondary N) is 1. The standard InChI is InChI=1S/C27H24BN/c1-27(2)25-6-4-3-5-23(25)24-16-15-22(17-26(24)27)29-21-13-9-19(10-14-21)18-7-11-20(28)12-8-18/h3-17,29H,28H2,1-2H3. The smallest absolute Gasteiger partial charge is 0.139 e. The van der Waals surface area contributed by atoms with Gasteiger partial charge in [0.15, 0.2) is 0 Å². The van der Waals surface area contributed by atoms with E-state index in [1.165, 1.54) is 38.8 Å². The Bertz CT molecular complexity index is 1190. The summed E-state index contributed by atoms with van der Waals surface area (Å²) in [5.41, 5.74) is 11.6. The SMILES string of the molecule is Bc1ccc(-c2ccc(Nc3ccc4c(c3)C(C)(C)c3ccccc3-4)cc2)cc1. The molecule has 0 amide bonds. The van der Waals surface area contributed by atoms with Gasteiger partial charge in [0.2, 0.25) is 0 Å². The van der Waals surface area contributed by atoms with Gasteiger partial charge in [-0.2, -0.15) is 0 Å². The fraction of sp³-hybridized carbons (Fsp3) is 0.111. The monoisotopic (exact) mass is 373 g/mol. The number of benzene rings is 4. The van der Waals surface area contributed by atoms with E-state index in [-0.39, 0.29) is 5.41 Å². The predicted octanol–water partition coefficient (Wildman–Crippen LogP) is 5.66. The number of fused-ring (bicyclic) bond motifs is 3. The zero-order chi connectivity index (χ0) is 20.0. The Morgan fingerprint density at radius 1 is 0.621 bits per heavy atom. The lowest BCUT2D eigenvalue weighted by molar-refractivity contribution is 0.660. The molecule has 1 aliphatic rings. The molecule has 29 heavy (non-hydrogen) atoms. The third-order valence-electron chi connectivity index (χ3n) is 6.14. The summed E-state index contributed by atoms with van der Waals surface area (Å²) in [5.74, 6) is 0. The third-order valence-corrected chi connectivity index (χ3v) is 6.14. The van der Waals surface area contributed by atoms with Crippen molar-refractivity contribution in [1.29, 1.82) is 0 Å². The van der Waals surface area contributed by atoms with Crippen molar-refractivity contribution < 1.29 is 0 Å². The van der Waals surface area contributed by atoms with Gasteiger partial charge in [-0.1, -0.05) is 86.0 Å². The van der Waals surface area contributed by atoms with Crippen LogP contribution in [0.25, 0.3) is 22.3 Å². The average molecular weight is 373 g/mol. The minimum atomic E-state index is 0.0267. The molecule has 1 N–H and O–H groups in total. The summed E-state index contributed by atoms with van der Waals surface area (Å²) in [7, 11) is 2.12. The van der Waals surface area contributed by atoms with Crippen LogP contribution in [0.5, 0.6) is 0 Å². The van der Waals surface area contributed by atoms with E-state index in [0.717, 1.165) is 11.4 Å². The quantitative estimate of drug-likeness (QED) is 0.457. The molecule has 4 aromatic rings. The van der Waals surface area contributed by atoms with Gasteiger partial charge in [0.25, 0.3) is 0 Å². The number of hydrogen-bond acceptors (Lipinski definition) is 1. The molecule has 0 unspecified atom stereocenters. The van der Waals surface area contributed by atoms with Crippen molar-refractivity contribution in [3.63, 3.8) is 0 Å². The summed E-state index contributed by atoms with van der Waals surface area (Å²) < 4.78 is 0. The number of hydrogen-bond donors (Lipinski definition) is 1. The molecule has 140 valence electrons. The highest BCUT2D eigenvalue weighted by molar-refractivity contribution is 6.32. The third kappa shape index (κ3) is 3.05. The van der Waals surface area contributed by atoms with Crippen LogP contribution in [0.15, 0.2) is 91.0 Å². The molecule has 4 aromatic carbocycles. The molecule has 2 heteroatoms. The molecule has 0 heterocycles. The minimum absolute atomic E-state index is 0.0267. The maximum absolute atomic E-state index is 3.59. The molecule has 0 fully saturated rings. The van der Waals surface area contributed by atoms with E-state index >= 15 is 0 Å². The summed E-state index contributed by atoms with van der Waals surface area (Å²) in [4.78, 5) is 0. The summed E-state index contributed by atoms with van der Waals surface area (Å²) >= 11 is 0. The van der Waals surface area contributed by atoms with Crippen molar-refractivity contribution in [3.8, 4) is 22.3 Å². The molecular weight excluding hydrogens is 349 g/mol. The Balaban J connectivity index is 1.42. The molecule has 5 rings (SSSR count). The van der Waals surface area contributed by atoms with Gasteiger partial charge in [0, 0.05) is 16.8 Å². The largest absolute Gasteiger partial charge is 0.356 e. The van der Waals surface area contributed by atoms with Gasteiger partial charge in [-0.05, 0) is 57.6 Å². The first-order valence-corrected chi connectivity index (χ1v) is 10.2. The maximum atomic E-state index is 3.59. The predicted molar refractivity (Wildman–Crippen MR) is 127 cm³/mol. The van der Waals surface area contributed by atoms with Crippen LogP contribution in [-0.4, -0.2) is 7.85 Å². The van der Waals surface area contributed by atoms with Crippen LogP contribution in [-0.2, 0) is 5.41 Å². The van der Waals surface area contributed by atoms with Crippen molar-refractivity contribution in [2.45, 2.75) is 19.3 Å². The Kier molecular flexibility index (Phi) is 4.10. The first kappa shape index (κ1) is 17.8. The van der Waals surface area contributed by atoms with Crippen LogP contribution in [0, 0.1) is 0 Å². The lowest BCUT2D eigenvalue weighted by Gasteiger charge is -2.22. The molecule has 0 spiro atoms. The van der Waals surface area contributed by atoms with Crippen LogP contribution >= 0.6 is 0 Å². The lowest BCUT2D eigenvalue weighted by atomic mass is 9.82. The van der Waals surface area contributed by atoms with Gasteiger partial charge in [-0.3, -0.25) is 0 Å². The van der Waals surface area contributed by atoms with Crippen molar-refractivity contribution in [2.75, 3.05) is 5.32 Å². The summed E-state index contributed by atoms with van der Waals surface area (Å²) in [6.07, 6.45) is 0. The van der Waals surface area contributed by atoms with Gasteiger partial charge in [-0.15, -0.1) is 0 Å². The topological polar surface area (TPSA) is 12.0 Å². The van der Waals surface area contributed by atoms with Gasteiger partial charge in [0.1, 0.15) is 7.85 Å². The fourth-order valence-corrected chi connectivity index (χ4v) is 4.44. The second kappa shape index (κ2) is 6.67. The zero-order valence-corrected chi connectivity index (χ0v) is 17.2. The molecule has 0 aliphatic heterocycles. The van der Waals surface area contributed by atoms with Crippen LogP contribution in [0.3, 0.4) is 0 Å². The van der Waals surface area contributed by atoms with Crippen molar-refractivity contribution >= 4 is 24.7 Å². The summed E-state index contributed by atoms with van der Waals surface area (Å²) in [6, 6.07) is 32.9. The highest BCUT2D eigenvalue weighted by Gasteiger charge is 2.35. The Morgan fingerprint density at radius 2 is 1.21 bits per heavy atom. The van der Waals surface area contributed by atoms with Crippen LogP contribution in [0.1, 0.15) is 25.0 Å². The Labute approximate surface area is 173 Å². The van der Waals surface area contributed by atoms with Crippen LogP contribution in [0.2, 0.25) is 0 Å². The van der Waals surface area contributed by atoms with Gasteiger partial charge in [-0.25, -0.2) is 0 Å². The van der Waals surface area contributed by atoms with Gasteiger partial charge >= 0.3 is 0 Å². The molecule has 0 saturated heterocycles. The Morgan fingerprint density at radius 3 is 1.93 bits per heavy atom. The van der Waals surface area contributed by atoms with E-state index in [1.54, 1.807) is 0 Å². The zero-order valence-electron chi connectivity index (χ0n) is 17.2. The normalized spacial score (nSPS) is 13.6. The van der Waals surface area contributed by atoms with E-state index in [1.807, 2.05) is 0 Å². The molecule has 1 nitrogen and oxygen atoms in total. The number of anilines is 2. The molecule has 0 aromatic heterocycles.